The van der Waals surface area contributed by atoms with Gasteiger partial charge in [0.15, 0.2) is 11.5 Å². The molecule has 15 heteroatoms. The van der Waals surface area contributed by atoms with E-state index in [1.165, 1.54) is 43.5 Å². The smallest absolute Gasteiger partial charge is 0.460 e. The maximum Gasteiger partial charge on any atom is 0.460 e. The molecule has 0 radical (unpaired) electrons. The number of hydrogen-bond acceptors (Lipinski definition) is 7. The quantitative estimate of drug-likeness (QED) is 0.196. The van der Waals surface area contributed by atoms with Crippen molar-refractivity contribution in [2.75, 3.05) is 13.9 Å². The van der Waals surface area contributed by atoms with Crippen molar-refractivity contribution in [1.82, 2.24) is 9.78 Å². The fraction of sp³-hybridized carbons (Fsp3) is 0.333. The Morgan fingerprint density at radius 1 is 1.00 bits per heavy atom. The molecule has 0 N–H and O–H groups in total. The third kappa shape index (κ3) is 5.38. The number of carbonyl (C=O) groups excluding carboxylic acids is 1. The monoisotopic (exact) mass is 564 g/mol. The lowest BCUT2D eigenvalue weighted by atomic mass is 9.98. The molecule has 1 aliphatic heterocycles. The number of nitrogens with zero attached hydrogens (tertiary/aromatic N) is 2. The van der Waals surface area contributed by atoms with Crippen molar-refractivity contribution < 1.29 is 59.5 Å². The van der Waals surface area contributed by atoms with Gasteiger partial charge in [0.1, 0.15) is 11.4 Å². The van der Waals surface area contributed by atoms with Crippen LogP contribution in [0.15, 0.2) is 42.5 Å². The van der Waals surface area contributed by atoms with Crippen LogP contribution in [0.25, 0.3) is 0 Å². The van der Waals surface area contributed by atoms with Crippen molar-refractivity contribution >= 4 is 5.97 Å². The highest BCUT2D eigenvalue weighted by atomic mass is 19.4. The molecule has 4 rings (SSSR count). The lowest BCUT2D eigenvalue weighted by Crippen LogP contribution is -2.50. The first-order chi connectivity index (χ1) is 18.2. The van der Waals surface area contributed by atoms with E-state index in [-0.39, 0.29) is 18.1 Å². The largest absolute Gasteiger partial charge is 0.497 e. The summed E-state index contributed by atoms with van der Waals surface area (Å²) in [5.74, 6) is -13.4. The van der Waals surface area contributed by atoms with Gasteiger partial charge in [0.05, 0.1) is 19.2 Å². The van der Waals surface area contributed by atoms with Crippen molar-refractivity contribution in [2.24, 2.45) is 0 Å². The van der Waals surface area contributed by atoms with Crippen LogP contribution in [0.2, 0.25) is 0 Å². The number of aromatic nitrogens is 2. The van der Waals surface area contributed by atoms with Crippen LogP contribution in [0.5, 0.6) is 23.1 Å². The summed E-state index contributed by atoms with van der Waals surface area (Å²) < 4.78 is 114. The fourth-order valence-electron chi connectivity index (χ4n) is 3.72. The number of halogens is 7. The summed E-state index contributed by atoms with van der Waals surface area (Å²) in [4.78, 5) is 20.8. The van der Waals surface area contributed by atoms with Crippen LogP contribution in [-0.4, -0.2) is 41.8 Å². The van der Waals surface area contributed by atoms with Crippen LogP contribution in [-0.2, 0) is 28.6 Å². The lowest BCUT2D eigenvalue weighted by molar-refractivity contribution is -0.360. The Balaban J connectivity index is 1.89. The summed E-state index contributed by atoms with van der Waals surface area (Å²) in [6, 6.07) is 10.1. The molecule has 0 spiro atoms. The molecule has 8 nitrogen and oxygen atoms in total. The van der Waals surface area contributed by atoms with Gasteiger partial charge in [-0.05, 0) is 35.4 Å². The molecule has 0 unspecified atom stereocenters. The summed E-state index contributed by atoms with van der Waals surface area (Å²) in [5.41, 5.74) is -2.35. The summed E-state index contributed by atoms with van der Waals surface area (Å²) >= 11 is 0. The first-order valence-electron chi connectivity index (χ1n) is 11.0. The molecule has 0 fully saturated rings. The van der Waals surface area contributed by atoms with Gasteiger partial charge in [-0.15, -0.1) is 0 Å². The minimum absolute atomic E-state index is 0.139. The molecule has 1 aliphatic rings. The zero-order chi connectivity index (χ0) is 28.6. The van der Waals surface area contributed by atoms with Gasteiger partial charge in [-0.2, -0.15) is 35.8 Å². The molecule has 0 saturated carbocycles. The minimum Gasteiger partial charge on any atom is -0.497 e. The van der Waals surface area contributed by atoms with E-state index in [2.05, 4.69) is 9.99 Å². The van der Waals surface area contributed by atoms with Crippen molar-refractivity contribution in [3.63, 3.8) is 0 Å². The average Bonchev–Trinajstić information content (AvgIpc) is 3.46. The average molecular weight is 564 g/mol. The van der Waals surface area contributed by atoms with E-state index in [0.717, 1.165) is 6.92 Å². The van der Waals surface area contributed by atoms with Crippen molar-refractivity contribution in [3.05, 3.63) is 64.8 Å². The minimum atomic E-state index is -6.63. The highest BCUT2D eigenvalue weighted by molar-refractivity contribution is 5.65. The highest BCUT2D eigenvalue weighted by Crippen LogP contribution is 2.53. The maximum atomic E-state index is 15.1. The van der Waals surface area contributed by atoms with Gasteiger partial charge in [-0.1, -0.05) is 18.2 Å². The number of ether oxygens (including phenoxy) is 3. The van der Waals surface area contributed by atoms with Gasteiger partial charge in [-0.3, -0.25) is 4.89 Å². The number of hydrogen-bond donors (Lipinski definition) is 0. The zero-order valence-electron chi connectivity index (χ0n) is 20.2. The number of carbonyl (C=O) groups is 1. The van der Waals surface area contributed by atoms with E-state index in [9.17, 15) is 26.7 Å². The lowest BCUT2D eigenvalue weighted by Gasteiger charge is -2.27. The van der Waals surface area contributed by atoms with E-state index in [4.69, 9.17) is 19.1 Å². The fourth-order valence-corrected chi connectivity index (χ4v) is 3.72. The van der Waals surface area contributed by atoms with Crippen LogP contribution in [0.3, 0.4) is 0 Å². The van der Waals surface area contributed by atoms with Crippen LogP contribution in [0.1, 0.15) is 29.3 Å². The summed E-state index contributed by atoms with van der Waals surface area (Å²) in [5, 5.41) is 3.43. The third-order valence-corrected chi connectivity index (χ3v) is 5.57. The second kappa shape index (κ2) is 10.2. The maximum absolute atomic E-state index is 15.1. The molecule has 0 atom stereocenters. The van der Waals surface area contributed by atoms with Gasteiger partial charge >= 0.3 is 24.0 Å². The van der Waals surface area contributed by atoms with Gasteiger partial charge in [0.25, 0.3) is 5.88 Å². The van der Waals surface area contributed by atoms with Gasteiger partial charge in [0, 0.05) is 13.3 Å². The highest BCUT2D eigenvalue weighted by Gasteiger charge is 2.75. The molecule has 39 heavy (non-hydrogen) atoms. The van der Waals surface area contributed by atoms with E-state index in [1.54, 1.807) is 6.07 Å². The van der Waals surface area contributed by atoms with Crippen LogP contribution in [0.4, 0.5) is 30.7 Å². The zero-order valence-corrected chi connectivity index (χ0v) is 20.2. The van der Waals surface area contributed by atoms with Crippen molar-refractivity contribution in [3.8, 4) is 23.1 Å². The Hall–Kier alpha value is -4.17. The summed E-state index contributed by atoms with van der Waals surface area (Å²) in [6.45, 7) is 0.294. The SMILES string of the molecule is COc1cccc(Cn2nc(C(F)(F)C(F)(F)C(F)(F)F)c(Cc3ccc4c(c3)OCO4)c2OOC(C)=O)c1. The van der Waals surface area contributed by atoms with Crippen molar-refractivity contribution in [2.45, 2.75) is 37.9 Å². The van der Waals surface area contributed by atoms with Gasteiger partial charge in [-0.25, -0.2) is 14.4 Å². The van der Waals surface area contributed by atoms with Crippen LogP contribution >= 0.6 is 0 Å². The Morgan fingerprint density at radius 3 is 2.38 bits per heavy atom. The Labute approximate surface area is 215 Å². The first kappa shape index (κ1) is 27.9. The predicted molar refractivity (Wildman–Crippen MR) is 117 cm³/mol. The number of alkyl halides is 7. The van der Waals surface area contributed by atoms with Gasteiger partial charge in [0.2, 0.25) is 6.79 Å². The Bertz CT molecular complexity index is 1370. The van der Waals surface area contributed by atoms with Gasteiger partial charge < -0.3 is 14.2 Å². The molecule has 0 amide bonds. The molecular formula is C24H19F7N2O6. The molecule has 2 aromatic carbocycles. The molecule has 2 heterocycles. The Morgan fingerprint density at radius 2 is 1.72 bits per heavy atom. The van der Waals surface area contributed by atoms with E-state index in [0.29, 0.717) is 21.7 Å². The molecule has 0 saturated heterocycles. The molecular weight excluding hydrogens is 545 g/mol. The van der Waals surface area contributed by atoms with Crippen LogP contribution in [0, 0.1) is 0 Å². The molecule has 3 aromatic rings. The number of fused-ring (bicyclic) bond motifs is 1. The van der Waals surface area contributed by atoms with E-state index in [1.807, 2.05) is 0 Å². The molecule has 1 aromatic heterocycles. The second-order valence-corrected chi connectivity index (χ2v) is 8.31. The van der Waals surface area contributed by atoms with Crippen LogP contribution < -0.4 is 19.1 Å². The standard InChI is InChI=1S/C24H19F7N2O6/c1-13(34)38-39-21-17(9-14-6-7-18-19(10-14)37-12-36-18)20(22(25,26)23(27,28)24(29,30)31)32-33(21)11-15-4-3-5-16(8-15)35-2/h3-8,10H,9,11-12H2,1-2H3. The number of benzene rings is 2. The summed E-state index contributed by atoms with van der Waals surface area (Å²) in [6.07, 6.45) is -7.32. The predicted octanol–water partition coefficient (Wildman–Crippen LogP) is 5.41. The number of methoxy groups -OCH3 is 1. The van der Waals surface area contributed by atoms with Crippen molar-refractivity contribution in [1.29, 1.82) is 0 Å². The molecule has 0 bridgehead atoms. The number of rotatable bonds is 9. The van der Waals surface area contributed by atoms with E-state index < -0.39 is 54.1 Å². The first-order valence-corrected chi connectivity index (χ1v) is 11.0. The molecule has 0 aliphatic carbocycles. The second-order valence-electron chi connectivity index (χ2n) is 8.31. The van der Waals surface area contributed by atoms with E-state index >= 15 is 8.78 Å². The Kier molecular flexibility index (Phi) is 7.27. The summed E-state index contributed by atoms with van der Waals surface area (Å²) in [7, 11) is 1.35. The molecule has 210 valence electrons. The third-order valence-electron chi connectivity index (χ3n) is 5.57. The normalized spacial score (nSPS) is 13.4. The topological polar surface area (TPSA) is 81.0 Å².